The van der Waals surface area contributed by atoms with Crippen molar-refractivity contribution in [3.05, 3.63) is 95.1 Å². The van der Waals surface area contributed by atoms with E-state index in [1.54, 1.807) is 5.19 Å². The summed E-state index contributed by atoms with van der Waals surface area (Å²) in [5.74, 6) is 0. The van der Waals surface area contributed by atoms with Gasteiger partial charge in [0.15, 0.2) is 0 Å². The fourth-order valence-corrected chi connectivity index (χ4v) is 15.2. The van der Waals surface area contributed by atoms with Crippen LogP contribution in [0.15, 0.2) is 72.8 Å². The molecule has 0 aliphatic rings. The summed E-state index contributed by atoms with van der Waals surface area (Å²) < 4.78 is 0. The third kappa shape index (κ3) is 8.11. The Kier molecular flexibility index (Phi) is 15.4. The van der Waals surface area contributed by atoms with Gasteiger partial charge in [-0.3, -0.25) is 0 Å². The largest absolute Gasteiger partial charge is 4.00 e. The van der Waals surface area contributed by atoms with Crippen molar-refractivity contribution in [2.45, 2.75) is 86.6 Å². The Morgan fingerprint density at radius 3 is 0.727 bits per heavy atom. The summed E-state index contributed by atoms with van der Waals surface area (Å²) in [6.07, 6.45) is 0. The van der Waals surface area contributed by atoms with Gasteiger partial charge in [0.05, 0.1) is 24.2 Å². The molecule has 8 heteroatoms. The summed E-state index contributed by atoms with van der Waals surface area (Å²) in [6.45, 7) is 31.5. The van der Waals surface area contributed by atoms with Crippen molar-refractivity contribution in [3.8, 4) is 0 Å². The fraction of sp³-hybridized carbons (Fsp3) is 0.361. The molecule has 0 saturated carbocycles. The monoisotopic (exact) mass is 748 g/mol. The van der Waals surface area contributed by atoms with Gasteiger partial charge >= 0.3 is 21.7 Å². The van der Waals surface area contributed by atoms with Crippen LogP contribution < -0.4 is 73.5 Å². The molecule has 4 aromatic carbocycles. The van der Waals surface area contributed by atoms with Gasteiger partial charge in [-0.2, -0.15) is 22.3 Å². The number of hydrogen-bond donors (Lipinski definition) is 0. The molecule has 0 amide bonds. The molecule has 0 aliphatic heterocycles. The van der Waals surface area contributed by atoms with Crippen LogP contribution in [0, 0.1) is 27.7 Å². The molecule has 0 heterocycles. The van der Waals surface area contributed by atoms with E-state index >= 15 is 0 Å². The van der Waals surface area contributed by atoms with Crippen molar-refractivity contribution >= 4 is 68.6 Å². The molecule has 44 heavy (non-hydrogen) atoms. The average molecular weight is 750 g/mol. The molecular weight excluding hydrogens is 699 g/mol. The van der Waals surface area contributed by atoms with E-state index in [1.165, 1.54) is 53.4 Å². The Morgan fingerprint density at radius 1 is 0.364 bits per heavy atom. The summed E-state index contributed by atoms with van der Waals surface area (Å²) in [6, 6.07) is 29.8. The molecule has 4 aromatic rings. The van der Waals surface area contributed by atoms with Crippen molar-refractivity contribution < 1.29 is 58.9 Å². The molecule has 0 aliphatic carbocycles. The zero-order chi connectivity index (χ0) is 29.8. The summed E-state index contributed by atoms with van der Waals surface area (Å²) >= 11 is 0. The topological polar surface area (TPSA) is 0 Å². The zero-order valence-corrected chi connectivity index (χ0v) is 36.9. The van der Waals surface area contributed by atoms with Crippen molar-refractivity contribution in [1.82, 2.24) is 0 Å². The van der Waals surface area contributed by atoms with Crippen molar-refractivity contribution in [2.24, 2.45) is 0 Å². The first-order valence-electron chi connectivity index (χ1n) is 15.0. The minimum absolute atomic E-state index is 0. The molecule has 0 bridgehead atoms. The number of rotatable bonds is 7. The Bertz CT molecular complexity index is 1340. The molecule has 0 fully saturated rings. The van der Waals surface area contributed by atoms with E-state index in [9.17, 15) is 0 Å². The van der Waals surface area contributed by atoms with E-state index in [2.05, 4.69) is 159 Å². The molecule has 0 saturated heterocycles. The molecule has 0 spiro atoms. The van der Waals surface area contributed by atoms with Crippen molar-refractivity contribution in [1.29, 1.82) is 0 Å². The van der Waals surface area contributed by atoms with Gasteiger partial charge in [-0.15, -0.1) is 5.19 Å². The summed E-state index contributed by atoms with van der Waals surface area (Å²) in [5.41, 5.74) is 5.89. The quantitative estimate of drug-likeness (QED) is 0.106. The Labute approximate surface area is 306 Å². The van der Waals surface area contributed by atoms with Crippen LogP contribution in [0.3, 0.4) is 0 Å². The van der Waals surface area contributed by atoms with Gasteiger partial charge in [0.25, 0.3) is 0 Å². The van der Waals surface area contributed by atoms with Gasteiger partial charge in [-0.1, -0.05) is 191 Å². The van der Waals surface area contributed by atoms with Crippen LogP contribution in [0.1, 0.15) is 22.3 Å². The van der Waals surface area contributed by atoms with Crippen molar-refractivity contribution in [3.63, 3.8) is 0 Å². The van der Waals surface area contributed by atoms with Gasteiger partial charge in [-0.05, 0) is 0 Å². The second-order valence-electron chi connectivity index (χ2n) is 15.1. The smallest absolute Gasteiger partial charge is 1.00 e. The third-order valence-electron chi connectivity index (χ3n) is 9.36. The SMILES string of the molecule is Cc1c(C)c(C)[c-]([Si](c2ccc([Si](C)(C)C)cc2)(c2ccc([Si](C)(C)C)cc2)c2ccc([Si](C)(C)C)cc2)c1C.[Cl-].[Cl-].[Cl-].[Ti+4]. The average Bonchev–Trinajstić information content (AvgIpc) is 3.07. The molecular formula is C36H51Cl3Si4Ti. The second kappa shape index (κ2) is 15.6. The van der Waals surface area contributed by atoms with Crippen LogP contribution in [0.25, 0.3) is 0 Å². The molecule has 0 N–H and O–H groups in total. The first-order chi connectivity index (χ1) is 18.4. The molecule has 236 valence electrons. The number of hydrogen-bond acceptors (Lipinski definition) is 0. The molecule has 4 rings (SSSR count). The van der Waals surface area contributed by atoms with E-state index in [4.69, 9.17) is 0 Å². The second-order valence-corrected chi connectivity index (χ2v) is 34.1. The van der Waals surface area contributed by atoms with Crippen molar-refractivity contribution in [2.75, 3.05) is 0 Å². The standard InChI is InChI=1S/C36H51Si4.3ClH.Ti/c1-26-27(2)29(4)36(28(26)3)40(33-20-14-30(15-21-33)37(5,6)7,34-22-16-31(17-23-34)38(8,9)10)35-24-18-32(19-25-35)39(11,12)13;;;;/h14-25H,1-13H3;3*1H;/q-1;;;;+4/p-3. The maximum atomic E-state index is 2.51. The van der Waals surface area contributed by atoms with Crippen LogP contribution in [0.2, 0.25) is 58.9 Å². The zero-order valence-electron chi connectivity index (χ0n) is 29.1. The Hall–Kier alpha value is -0.538. The maximum Gasteiger partial charge on any atom is 4.00 e. The minimum Gasteiger partial charge on any atom is -1.00 e. The van der Waals surface area contributed by atoms with Gasteiger partial charge in [0, 0.05) is 0 Å². The normalized spacial score (nSPS) is 11.9. The van der Waals surface area contributed by atoms with E-state index in [-0.39, 0.29) is 58.9 Å². The number of benzene rings is 3. The first-order valence-corrected chi connectivity index (χ1v) is 27.5. The van der Waals surface area contributed by atoms with E-state index in [0.29, 0.717) is 0 Å². The fourth-order valence-electron chi connectivity index (χ4n) is 6.37. The van der Waals surface area contributed by atoms with Gasteiger partial charge in [0.2, 0.25) is 0 Å². The predicted molar refractivity (Wildman–Crippen MR) is 194 cm³/mol. The Morgan fingerprint density at radius 2 is 0.545 bits per heavy atom. The Balaban J connectivity index is 0.00000462. The molecule has 0 aromatic heterocycles. The van der Waals surface area contributed by atoms with Crippen LogP contribution >= 0.6 is 0 Å². The van der Waals surface area contributed by atoms with E-state index in [1.807, 2.05) is 0 Å². The van der Waals surface area contributed by atoms with Crippen LogP contribution in [0.4, 0.5) is 0 Å². The number of halogens is 3. The van der Waals surface area contributed by atoms with Crippen LogP contribution in [0.5, 0.6) is 0 Å². The molecule has 0 atom stereocenters. The van der Waals surface area contributed by atoms with E-state index in [0.717, 1.165) is 0 Å². The maximum absolute atomic E-state index is 2.60. The summed E-state index contributed by atoms with van der Waals surface area (Å²) in [5, 5.41) is 10.7. The van der Waals surface area contributed by atoms with Gasteiger partial charge in [-0.25, -0.2) is 0 Å². The first kappa shape index (κ1) is 43.5. The van der Waals surface area contributed by atoms with Crippen LogP contribution in [-0.4, -0.2) is 32.3 Å². The summed E-state index contributed by atoms with van der Waals surface area (Å²) in [4.78, 5) is 0. The van der Waals surface area contributed by atoms with Gasteiger partial charge < -0.3 is 37.2 Å². The summed E-state index contributed by atoms with van der Waals surface area (Å²) in [7, 11) is -6.84. The van der Waals surface area contributed by atoms with E-state index < -0.39 is 32.3 Å². The molecule has 0 unspecified atom stereocenters. The third-order valence-corrected chi connectivity index (χ3v) is 20.7. The minimum atomic E-state index is -2.60. The molecule has 0 radical (unpaired) electrons. The molecule has 0 nitrogen and oxygen atoms in total. The predicted octanol–water partition coefficient (Wildman–Crippen LogP) is -3.34. The van der Waals surface area contributed by atoms with Crippen LogP contribution in [-0.2, 0) is 21.7 Å². The van der Waals surface area contributed by atoms with Gasteiger partial charge in [0.1, 0.15) is 8.07 Å².